The van der Waals surface area contributed by atoms with E-state index in [0.29, 0.717) is 23.5 Å². The number of hydrogen-bond donors (Lipinski definition) is 0. The molecule has 154 valence electrons. The van der Waals surface area contributed by atoms with Gasteiger partial charge in [0.15, 0.2) is 0 Å². The molecule has 0 unspecified atom stereocenters. The fraction of sp³-hybridized carbons (Fsp3) is 0.667. The molecule has 1 amide bonds. The molecule has 1 saturated carbocycles. The van der Waals surface area contributed by atoms with Crippen molar-refractivity contribution >= 4 is 27.5 Å². The number of hydrogen-bond acceptors (Lipinski definition) is 3. The summed E-state index contributed by atoms with van der Waals surface area (Å²) < 4.78 is 27.5. The van der Waals surface area contributed by atoms with Crippen molar-refractivity contribution < 1.29 is 13.2 Å². The lowest BCUT2D eigenvalue weighted by molar-refractivity contribution is -0.143. The standard InChI is InChI=1S/C21H29ClN2O3S/c22-18-9-11-19(12-10-18)28(26,27)23-13-3-7-17(15-23)21(25)24-14-4-6-16-5-1-2-8-20(16)24/h9-12,16-17,20H,1-8,13-15H2/t16-,17+,20+/m1/s1. The van der Waals surface area contributed by atoms with Crippen LogP contribution in [-0.2, 0) is 14.8 Å². The first kappa shape index (κ1) is 20.2. The lowest BCUT2D eigenvalue weighted by Crippen LogP contribution is -2.54. The minimum absolute atomic E-state index is 0.174. The smallest absolute Gasteiger partial charge is 0.243 e. The Morgan fingerprint density at radius 2 is 1.61 bits per heavy atom. The van der Waals surface area contributed by atoms with Crippen molar-refractivity contribution in [3.05, 3.63) is 29.3 Å². The molecule has 7 heteroatoms. The Balaban J connectivity index is 1.48. The van der Waals surface area contributed by atoms with Crippen LogP contribution in [0.3, 0.4) is 0 Å². The zero-order valence-corrected chi connectivity index (χ0v) is 17.8. The molecule has 2 aliphatic heterocycles. The maximum atomic E-state index is 13.3. The number of nitrogens with zero attached hydrogens (tertiary/aromatic N) is 2. The van der Waals surface area contributed by atoms with Crippen molar-refractivity contribution in [3.8, 4) is 0 Å². The predicted molar refractivity (Wildman–Crippen MR) is 110 cm³/mol. The predicted octanol–water partition coefficient (Wildman–Crippen LogP) is 3.92. The van der Waals surface area contributed by atoms with Crippen molar-refractivity contribution in [2.75, 3.05) is 19.6 Å². The van der Waals surface area contributed by atoms with Crippen molar-refractivity contribution in [1.82, 2.24) is 9.21 Å². The SMILES string of the molecule is O=C([C@H]1CCCN(S(=O)(=O)c2ccc(Cl)cc2)C1)N1CCC[C@H]2CCCC[C@@H]21. The molecular formula is C21H29ClN2O3S. The maximum Gasteiger partial charge on any atom is 0.243 e. The summed E-state index contributed by atoms with van der Waals surface area (Å²) >= 11 is 5.90. The largest absolute Gasteiger partial charge is 0.339 e. The van der Waals surface area contributed by atoms with E-state index in [-0.39, 0.29) is 23.3 Å². The van der Waals surface area contributed by atoms with Crippen molar-refractivity contribution in [2.45, 2.75) is 62.3 Å². The van der Waals surface area contributed by atoms with Crippen LogP contribution in [0.25, 0.3) is 0 Å². The van der Waals surface area contributed by atoms with Crippen LogP contribution in [-0.4, -0.2) is 49.2 Å². The molecule has 28 heavy (non-hydrogen) atoms. The van der Waals surface area contributed by atoms with Gasteiger partial charge < -0.3 is 4.90 Å². The van der Waals surface area contributed by atoms with Crippen LogP contribution in [0.4, 0.5) is 0 Å². The van der Waals surface area contributed by atoms with Crippen LogP contribution < -0.4 is 0 Å². The third-order valence-corrected chi connectivity index (χ3v) is 8.84. The van der Waals surface area contributed by atoms with Crippen molar-refractivity contribution in [2.24, 2.45) is 11.8 Å². The molecule has 1 aromatic carbocycles. The van der Waals surface area contributed by atoms with Crippen LogP contribution in [0, 0.1) is 11.8 Å². The first-order valence-electron chi connectivity index (χ1n) is 10.5. The highest BCUT2D eigenvalue weighted by Gasteiger charge is 2.40. The highest BCUT2D eigenvalue weighted by molar-refractivity contribution is 7.89. The molecule has 3 atom stereocenters. The van der Waals surface area contributed by atoms with Crippen LogP contribution in [0.5, 0.6) is 0 Å². The lowest BCUT2D eigenvalue weighted by Gasteiger charge is -2.46. The van der Waals surface area contributed by atoms with Crippen molar-refractivity contribution in [3.63, 3.8) is 0 Å². The van der Waals surface area contributed by atoms with Crippen LogP contribution in [0.1, 0.15) is 51.4 Å². The number of rotatable bonds is 3. The van der Waals surface area contributed by atoms with Crippen LogP contribution >= 0.6 is 11.6 Å². The second-order valence-corrected chi connectivity index (χ2v) is 10.8. The maximum absolute atomic E-state index is 13.3. The van der Waals surface area contributed by atoms with Gasteiger partial charge in [-0.05, 0) is 68.7 Å². The van der Waals surface area contributed by atoms with Gasteiger partial charge in [-0.3, -0.25) is 4.79 Å². The number of carbonyl (C=O) groups is 1. The number of piperidine rings is 2. The average molecular weight is 425 g/mol. The zero-order valence-electron chi connectivity index (χ0n) is 16.2. The van der Waals surface area contributed by atoms with Gasteiger partial charge in [-0.25, -0.2) is 8.42 Å². The molecule has 0 radical (unpaired) electrons. The molecule has 2 heterocycles. The number of benzene rings is 1. The summed E-state index contributed by atoms with van der Waals surface area (Å²) in [6.07, 6.45) is 8.63. The monoisotopic (exact) mass is 424 g/mol. The van der Waals surface area contributed by atoms with Gasteiger partial charge in [0.25, 0.3) is 0 Å². The van der Waals surface area contributed by atoms with E-state index in [0.717, 1.165) is 32.2 Å². The number of carbonyl (C=O) groups excluding carboxylic acids is 1. The molecule has 0 bridgehead atoms. The van der Waals surface area contributed by atoms with Gasteiger partial charge in [0, 0.05) is 30.7 Å². The average Bonchev–Trinajstić information content (AvgIpc) is 2.73. The van der Waals surface area contributed by atoms with Gasteiger partial charge in [-0.2, -0.15) is 4.31 Å². The third kappa shape index (κ3) is 3.96. The number of likely N-dealkylation sites (tertiary alicyclic amines) is 1. The van der Waals surface area contributed by atoms with E-state index in [2.05, 4.69) is 4.90 Å². The Kier molecular flexibility index (Phi) is 6.00. The molecule has 2 saturated heterocycles. The Morgan fingerprint density at radius 3 is 2.39 bits per heavy atom. The molecule has 1 aliphatic carbocycles. The number of fused-ring (bicyclic) bond motifs is 1. The fourth-order valence-corrected chi connectivity index (χ4v) is 6.90. The number of halogens is 1. The first-order chi connectivity index (χ1) is 13.5. The molecule has 5 nitrogen and oxygen atoms in total. The van der Waals surface area contributed by atoms with Crippen LogP contribution in [0.15, 0.2) is 29.2 Å². The summed E-state index contributed by atoms with van der Waals surface area (Å²) in [4.78, 5) is 15.7. The van der Waals surface area contributed by atoms with Crippen LogP contribution in [0.2, 0.25) is 5.02 Å². The topological polar surface area (TPSA) is 57.7 Å². The van der Waals surface area contributed by atoms with E-state index in [4.69, 9.17) is 11.6 Å². The minimum atomic E-state index is -3.60. The summed E-state index contributed by atoms with van der Waals surface area (Å²) in [5.74, 6) is 0.591. The summed E-state index contributed by atoms with van der Waals surface area (Å²) in [5.41, 5.74) is 0. The second-order valence-electron chi connectivity index (χ2n) is 8.44. The molecule has 3 aliphatic rings. The van der Waals surface area contributed by atoms with E-state index in [1.54, 1.807) is 24.3 Å². The number of amides is 1. The summed E-state index contributed by atoms with van der Waals surface area (Å²) in [7, 11) is -3.60. The van der Waals surface area contributed by atoms with E-state index in [1.807, 2.05) is 0 Å². The third-order valence-electron chi connectivity index (χ3n) is 6.71. The molecule has 4 rings (SSSR count). The molecule has 3 fully saturated rings. The van der Waals surface area contributed by atoms with E-state index in [9.17, 15) is 13.2 Å². The molecule has 1 aromatic rings. The second kappa shape index (κ2) is 8.33. The quantitative estimate of drug-likeness (QED) is 0.738. The lowest BCUT2D eigenvalue weighted by atomic mass is 9.77. The first-order valence-corrected chi connectivity index (χ1v) is 12.3. The Morgan fingerprint density at radius 1 is 0.929 bits per heavy atom. The Bertz CT molecular complexity index is 809. The van der Waals surface area contributed by atoms with E-state index in [1.165, 1.54) is 30.0 Å². The summed E-state index contributed by atoms with van der Waals surface area (Å²) in [6, 6.07) is 6.65. The normalized spacial score (nSPS) is 29.3. The Labute approximate surface area is 173 Å². The molecular weight excluding hydrogens is 396 g/mol. The zero-order chi connectivity index (χ0) is 19.7. The summed E-state index contributed by atoms with van der Waals surface area (Å²) in [6.45, 7) is 1.60. The highest BCUT2D eigenvalue weighted by Crippen LogP contribution is 2.37. The van der Waals surface area contributed by atoms with Crippen molar-refractivity contribution in [1.29, 1.82) is 0 Å². The molecule has 0 N–H and O–H groups in total. The highest BCUT2D eigenvalue weighted by atomic mass is 35.5. The molecule has 0 spiro atoms. The van der Waals surface area contributed by atoms with Gasteiger partial charge in [0.1, 0.15) is 0 Å². The minimum Gasteiger partial charge on any atom is -0.339 e. The molecule has 0 aromatic heterocycles. The Hall–Kier alpha value is -1.11. The van der Waals surface area contributed by atoms with Gasteiger partial charge >= 0.3 is 0 Å². The van der Waals surface area contributed by atoms with Gasteiger partial charge in [-0.1, -0.05) is 24.4 Å². The fourth-order valence-electron chi connectivity index (χ4n) is 5.25. The van der Waals surface area contributed by atoms with Gasteiger partial charge in [0.2, 0.25) is 15.9 Å². The number of sulfonamides is 1. The van der Waals surface area contributed by atoms with Gasteiger partial charge in [-0.15, -0.1) is 0 Å². The van der Waals surface area contributed by atoms with E-state index >= 15 is 0 Å². The van der Waals surface area contributed by atoms with E-state index < -0.39 is 10.0 Å². The van der Waals surface area contributed by atoms with Gasteiger partial charge in [0.05, 0.1) is 10.8 Å². The summed E-state index contributed by atoms with van der Waals surface area (Å²) in [5, 5.41) is 0.512.